The number of phosphoric acid groups is 1. The van der Waals surface area contributed by atoms with Crippen LogP contribution in [0.5, 0.6) is 0 Å². The third kappa shape index (κ3) is 7.06. The maximum atomic E-state index is 12.5. The van der Waals surface area contributed by atoms with Crippen LogP contribution in [-0.2, 0) is 33.7 Å². The minimum Gasteiger partial charge on any atom is -0.778 e. The number of fused-ring (bicyclic) bond motifs is 1. The molecule has 0 radical (unpaired) electrons. The summed E-state index contributed by atoms with van der Waals surface area (Å²) in [6.07, 6.45) is -5.78. The van der Waals surface area contributed by atoms with E-state index in [9.17, 15) is 38.7 Å². The third-order valence-electron chi connectivity index (χ3n) is 5.90. The first-order valence-electron chi connectivity index (χ1n) is 11.7. The molecular formula is C23H25N3O11P2-2. The minimum atomic E-state index is -5.45. The minimum absolute atomic E-state index is 0.0361. The van der Waals surface area contributed by atoms with Crippen molar-refractivity contribution >= 4 is 37.9 Å². The molecule has 0 aliphatic carbocycles. The van der Waals surface area contributed by atoms with Crippen LogP contribution in [-0.4, -0.2) is 50.6 Å². The number of carbonyl (C=O) groups is 1. The Morgan fingerprint density at radius 3 is 2.56 bits per heavy atom. The Kier molecular flexibility index (Phi) is 8.82. The van der Waals surface area contributed by atoms with Gasteiger partial charge < -0.3 is 39.1 Å². The number of aliphatic hydroxyl groups excluding tert-OH is 2. The van der Waals surface area contributed by atoms with Crippen LogP contribution in [0.2, 0.25) is 0 Å². The maximum Gasteiger partial charge on any atom is 0.351 e. The van der Waals surface area contributed by atoms with E-state index in [0.29, 0.717) is 10.9 Å². The molecule has 1 aromatic heterocycles. The largest absolute Gasteiger partial charge is 0.778 e. The van der Waals surface area contributed by atoms with Crippen LogP contribution in [0.25, 0.3) is 10.8 Å². The van der Waals surface area contributed by atoms with Gasteiger partial charge in [-0.05, 0) is 22.4 Å². The van der Waals surface area contributed by atoms with Crippen molar-refractivity contribution in [2.24, 2.45) is 0 Å². The Bertz CT molecular complexity index is 1510. The summed E-state index contributed by atoms with van der Waals surface area (Å²) in [7, 11) is -10.5. The number of nitrogens with one attached hydrogen (secondary N) is 1. The Hall–Kier alpha value is -2.77. The molecule has 1 aliphatic heterocycles. The van der Waals surface area contributed by atoms with Crippen LogP contribution in [0.3, 0.4) is 0 Å². The van der Waals surface area contributed by atoms with Crippen molar-refractivity contribution in [3.63, 3.8) is 0 Å². The molecule has 0 saturated carbocycles. The molecule has 0 bridgehead atoms. The van der Waals surface area contributed by atoms with Crippen LogP contribution in [0.4, 0.5) is 5.82 Å². The molecule has 1 fully saturated rings. The lowest BCUT2D eigenvalue weighted by Gasteiger charge is -2.32. The van der Waals surface area contributed by atoms with Crippen LogP contribution < -0.4 is 20.8 Å². The average Bonchev–Trinajstić information content (AvgIpc) is 3.15. The second-order valence-corrected chi connectivity index (χ2v) is 12.0. The number of aromatic nitrogens is 2. The van der Waals surface area contributed by atoms with Gasteiger partial charge in [0.2, 0.25) is 5.91 Å². The Morgan fingerprint density at radius 1 is 1.13 bits per heavy atom. The van der Waals surface area contributed by atoms with E-state index < -0.39 is 58.4 Å². The van der Waals surface area contributed by atoms with Gasteiger partial charge >= 0.3 is 5.69 Å². The highest BCUT2D eigenvalue weighted by Gasteiger charge is 2.44. The summed E-state index contributed by atoms with van der Waals surface area (Å²) >= 11 is 0. The van der Waals surface area contributed by atoms with E-state index >= 15 is 0 Å². The van der Waals surface area contributed by atoms with E-state index in [2.05, 4.69) is 19.1 Å². The van der Waals surface area contributed by atoms with E-state index in [1.54, 1.807) is 43.3 Å². The standard InChI is InChI=1S/C23H27N3O11P2/c1-2-19(27)24-18-10-11-26(23(30)25-18)22-21(29)20(28)17(36-22)12-35-39(33,34)37-38(31,32)13-15-8-5-7-14-6-3-4-9-16(14)15/h3-11,17,20-22,28-29H,2,12-13H2,1H3,(H,31,32)(H,33,34)(H,24,25,27,30)/p-2/t17-,20?,21+,22-/m1/s1. The summed E-state index contributed by atoms with van der Waals surface area (Å²) in [5.41, 5.74) is -0.605. The Labute approximate surface area is 222 Å². The molecular weight excluding hydrogens is 556 g/mol. The zero-order valence-electron chi connectivity index (χ0n) is 20.5. The van der Waals surface area contributed by atoms with Crippen LogP contribution in [0, 0.1) is 0 Å². The van der Waals surface area contributed by atoms with Gasteiger partial charge in [0.1, 0.15) is 31.7 Å². The zero-order valence-corrected chi connectivity index (χ0v) is 22.3. The van der Waals surface area contributed by atoms with Crippen molar-refractivity contribution in [3.05, 3.63) is 70.8 Å². The molecule has 16 heteroatoms. The maximum absolute atomic E-state index is 12.5. The van der Waals surface area contributed by atoms with Gasteiger partial charge in [-0.3, -0.25) is 18.2 Å². The highest BCUT2D eigenvalue weighted by Crippen LogP contribution is 2.57. The molecule has 1 amide bonds. The van der Waals surface area contributed by atoms with Gasteiger partial charge in [-0.2, -0.15) is 4.98 Å². The number of carbonyl (C=O) groups excluding carboxylic acids is 1. The fourth-order valence-corrected chi connectivity index (χ4v) is 6.67. The van der Waals surface area contributed by atoms with Crippen LogP contribution >= 0.6 is 15.4 Å². The quantitative estimate of drug-likeness (QED) is 0.281. The molecule has 3 unspecified atom stereocenters. The molecule has 2 heterocycles. The Balaban J connectivity index is 1.39. The molecule has 3 N–H and O–H groups in total. The molecule has 6 atom stereocenters. The number of aliphatic hydroxyl groups is 2. The van der Waals surface area contributed by atoms with Crippen molar-refractivity contribution in [3.8, 4) is 0 Å². The van der Waals surface area contributed by atoms with Crippen molar-refractivity contribution < 1.29 is 47.5 Å². The molecule has 14 nitrogen and oxygen atoms in total. The van der Waals surface area contributed by atoms with Gasteiger partial charge in [0.25, 0.3) is 7.82 Å². The summed E-state index contributed by atoms with van der Waals surface area (Å²) in [5, 5.41) is 24.4. The summed E-state index contributed by atoms with van der Waals surface area (Å²) in [6, 6.07) is 13.1. The highest BCUT2D eigenvalue weighted by molar-refractivity contribution is 7.62. The molecule has 3 aromatic rings. The first-order valence-corrected chi connectivity index (χ1v) is 14.9. The monoisotopic (exact) mass is 581 g/mol. The third-order valence-corrected chi connectivity index (χ3v) is 8.88. The van der Waals surface area contributed by atoms with Gasteiger partial charge in [0.05, 0.1) is 6.61 Å². The fraction of sp³-hybridized carbons (Fsp3) is 0.348. The topological polar surface area (TPSA) is 212 Å². The first kappa shape index (κ1) is 29.2. The zero-order chi connectivity index (χ0) is 28.4. The predicted molar refractivity (Wildman–Crippen MR) is 133 cm³/mol. The molecule has 1 saturated heterocycles. The number of anilines is 1. The summed E-state index contributed by atoms with van der Waals surface area (Å²) in [5.74, 6) is -0.417. The van der Waals surface area contributed by atoms with Gasteiger partial charge in [-0.25, -0.2) is 4.79 Å². The van der Waals surface area contributed by atoms with Crippen molar-refractivity contribution in [1.82, 2.24) is 9.55 Å². The van der Waals surface area contributed by atoms with Gasteiger partial charge in [0.15, 0.2) is 6.23 Å². The normalized spacial score (nSPS) is 24.2. The molecule has 210 valence electrons. The Morgan fingerprint density at radius 2 is 1.85 bits per heavy atom. The fourth-order valence-electron chi connectivity index (χ4n) is 4.01. The number of ether oxygens (including phenoxy) is 1. The summed E-state index contributed by atoms with van der Waals surface area (Å²) in [4.78, 5) is 52.4. The van der Waals surface area contributed by atoms with E-state index in [0.717, 1.165) is 16.2 Å². The number of rotatable bonds is 10. The number of hydrogen-bond donors (Lipinski definition) is 3. The molecule has 2 aromatic carbocycles. The average molecular weight is 581 g/mol. The number of phosphoric ester groups is 1. The second-order valence-electron chi connectivity index (χ2n) is 8.68. The SMILES string of the molecule is CCC(=O)Nc1ccn([C@@H]2O[C@H](COP(=O)([O-])OP(=O)([O-])Cc3cccc4ccccc34)C(O)[C@@H]2O)c(=O)n1. The van der Waals surface area contributed by atoms with E-state index in [-0.39, 0.29) is 18.1 Å². The number of nitrogens with zero attached hydrogens (tertiary/aromatic N) is 2. The number of benzene rings is 2. The van der Waals surface area contributed by atoms with Crippen molar-refractivity contribution in [1.29, 1.82) is 0 Å². The van der Waals surface area contributed by atoms with Crippen molar-refractivity contribution in [2.45, 2.75) is 44.0 Å². The summed E-state index contributed by atoms with van der Waals surface area (Å²) < 4.78 is 40.1. The second kappa shape index (κ2) is 11.8. The molecule has 4 rings (SSSR count). The molecule has 39 heavy (non-hydrogen) atoms. The van der Waals surface area contributed by atoms with Crippen LogP contribution in [0.15, 0.2) is 59.5 Å². The lowest BCUT2D eigenvalue weighted by Crippen LogP contribution is -2.36. The lowest BCUT2D eigenvalue weighted by atomic mass is 10.1. The highest BCUT2D eigenvalue weighted by atomic mass is 31.3. The number of amides is 1. The van der Waals surface area contributed by atoms with Crippen LogP contribution in [0.1, 0.15) is 25.1 Å². The van der Waals surface area contributed by atoms with E-state index in [1.807, 2.05) is 0 Å². The van der Waals surface area contributed by atoms with Gasteiger partial charge in [0, 0.05) is 18.8 Å². The smallest absolute Gasteiger partial charge is 0.351 e. The lowest BCUT2D eigenvalue weighted by molar-refractivity contribution is -0.234. The molecule has 1 aliphatic rings. The van der Waals surface area contributed by atoms with Gasteiger partial charge in [-0.1, -0.05) is 49.4 Å². The predicted octanol–water partition coefficient (Wildman–Crippen LogP) is 0.619. The number of hydrogen-bond acceptors (Lipinski definition) is 12. The van der Waals surface area contributed by atoms with E-state index in [1.165, 1.54) is 12.1 Å². The van der Waals surface area contributed by atoms with Gasteiger partial charge in [-0.15, -0.1) is 0 Å². The van der Waals surface area contributed by atoms with Crippen molar-refractivity contribution in [2.75, 3.05) is 11.9 Å². The summed E-state index contributed by atoms with van der Waals surface area (Å²) in [6.45, 7) is 0.687. The molecule has 0 spiro atoms. The first-order chi connectivity index (χ1) is 18.4. The van der Waals surface area contributed by atoms with E-state index in [4.69, 9.17) is 4.74 Å².